The molecule has 6 heteroatoms. The van der Waals surface area contributed by atoms with Gasteiger partial charge in [0.15, 0.2) is 0 Å². The number of hydrogen-bond donors (Lipinski definition) is 2. The van der Waals surface area contributed by atoms with E-state index in [0.717, 1.165) is 12.8 Å². The minimum absolute atomic E-state index is 0.0542. The van der Waals surface area contributed by atoms with Gasteiger partial charge < -0.3 is 16.0 Å². The number of nitrogens with two attached hydrogens (primary N) is 1. The molecule has 1 aromatic heterocycles. The van der Waals surface area contributed by atoms with E-state index in [-0.39, 0.29) is 23.9 Å². The van der Waals surface area contributed by atoms with Crippen molar-refractivity contribution in [2.75, 3.05) is 6.54 Å². The van der Waals surface area contributed by atoms with Crippen LogP contribution in [0.25, 0.3) is 0 Å². The molecule has 22 heavy (non-hydrogen) atoms. The lowest BCUT2D eigenvalue weighted by atomic mass is 10.1. The summed E-state index contributed by atoms with van der Waals surface area (Å²) in [6.45, 7) is 6.38. The van der Waals surface area contributed by atoms with Crippen LogP contribution in [-0.2, 0) is 11.2 Å². The zero-order valence-corrected chi connectivity index (χ0v) is 14.3. The molecule has 122 valence electrons. The third-order valence-electron chi connectivity index (χ3n) is 3.72. The smallest absolute Gasteiger partial charge is 0.255 e. The van der Waals surface area contributed by atoms with Crippen LogP contribution in [0.15, 0.2) is 11.4 Å². The van der Waals surface area contributed by atoms with Gasteiger partial charge in [0.2, 0.25) is 5.91 Å². The van der Waals surface area contributed by atoms with E-state index in [0.29, 0.717) is 18.5 Å². The average molecular weight is 323 g/mol. The topological polar surface area (TPSA) is 75.4 Å². The molecule has 3 N–H and O–H groups in total. The van der Waals surface area contributed by atoms with E-state index in [9.17, 15) is 9.59 Å². The van der Waals surface area contributed by atoms with E-state index >= 15 is 0 Å². The Morgan fingerprint density at radius 3 is 2.86 bits per heavy atom. The van der Waals surface area contributed by atoms with Crippen LogP contribution < -0.4 is 11.1 Å². The van der Waals surface area contributed by atoms with Crippen LogP contribution >= 0.6 is 11.3 Å². The molecular formula is C16H25N3O2S. The van der Waals surface area contributed by atoms with Gasteiger partial charge in [-0.25, -0.2) is 0 Å². The van der Waals surface area contributed by atoms with Crippen molar-refractivity contribution in [3.63, 3.8) is 0 Å². The van der Waals surface area contributed by atoms with Gasteiger partial charge in [-0.2, -0.15) is 0 Å². The lowest BCUT2D eigenvalue weighted by Gasteiger charge is -2.24. The lowest BCUT2D eigenvalue weighted by molar-refractivity contribution is -0.125. The Kier molecular flexibility index (Phi) is 5.58. The SMILES string of the molecule is CCCc1cc(C(=O)N2C[C@@H](N)C[C@H]2C(=O)NC(C)C)cs1. The van der Waals surface area contributed by atoms with Crippen LogP contribution in [0.5, 0.6) is 0 Å². The molecule has 0 unspecified atom stereocenters. The van der Waals surface area contributed by atoms with E-state index in [1.165, 1.54) is 4.88 Å². The van der Waals surface area contributed by atoms with Crippen LogP contribution in [0.2, 0.25) is 0 Å². The summed E-state index contributed by atoms with van der Waals surface area (Å²) in [6.07, 6.45) is 2.56. The Bertz CT molecular complexity index is 541. The summed E-state index contributed by atoms with van der Waals surface area (Å²) < 4.78 is 0. The number of hydrogen-bond acceptors (Lipinski definition) is 4. The molecule has 1 fully saturated rings. The summed E-state index contributed by atoms with van der Waals surface area (Å²) >= 11 is 1.60. The quantitative estimate of drug-likeness (QED) is 0.867. The van der Waals surface area contributed by atoms with Gasteiger partial charge in [-0.05, 0) is 32.8 Å². The largest absolute Gasteiger partial charge is 0.352 e. The van der Waals surface area contributed by atoms with Crippen LogP contribution in [-0.4, -0.2) is 41.4 Å². The number of rotatable bonds is 5. The van der Waals surface area contributed by atoms with Gasteiger partial charge in [0, 0.05) is 28.9 Å². The first-order valence-electron chi connectivity index (χ1n) is 7.86. The van der Waals surface area contributed by atoms with Crippen LogP contribution in [0.4, 0.5) is 0 Å². The van der Waals surface area contributed by atoms with Gasteiger partial charge >= 0.3 is 0 Å². The lowest BCUT2D eigenvalue weighted by Crippen LogP contribution is -2.47. The number of carbonyl (C=O) groups excluding carboxylic acids is 2. The predicted octanol–water partition coefficient (Wildman–Crippen LogP) is 1.77. The van der Waals surface area contributed by atoms with Crippen molar-refractivity contribution in [2.24, 2.45) is 5.73 Å². The Balaban J connectivity index is 2.13. The molecule has 5 nitrogen and oxygen atoms in total. The maximum atomic E-state index is 12.7. The minimum atomic E-state index is -0.459. The summed E-state index contributed by atoms with van der Waals surface area (Å²) in [5.41, 5.74) is 6.65. The monoisotopic (exact) mass is 323 g/mol. The second kappa shape index (κ2) is 7.24. The predicted molar refractivity (Wildman–Crippen MR) is 89.0 cm³/mol. The highest BCUT2D eigenvalue weighted by Gasteiger charge is 2.38. The number of aryl methyl sites for hydroxylation is 1. The molecule has 1 saturated heterocycles. The Morgan fingerprint density at radius 2 is 2.23 bits per heavy atom. The highest BCUT2D eigenvalue weighted by molar-refractivity contribution is 7.10. The summed E-state index contributed by atoms with van der Waals surface area (Å²) in [4.78, 5) is 27.8. The maximum Gasteiger partial charge on any atom is 0.255 e. The number of amides is 2. The zero-order chi connectivity index (χ0) is 16.3. The molecule has 0 bridgehead atoms. The normalized spacial score (nSPS) is 21.4. The van der Waals surface area contributed by atoms with Gasteiger partial charge in [-0.15, -0.1) is 11.3 Å². The first-order valence-corrected chi connectivity index (χ1v) is 8.74. The molecule has 2 atom stereocenters. The van der Waals surface area contributed by atoms with Crippen molar-refractivity contribution in [3.05, 3.63) is 21.9 Å². The average Bonchev–Trinajstić information content (AvgIpc) is 3.04. The molecule has 0 radical (unpaired) electrons. The molecule has 1 aliphatic rings. The number of nitrogens with one attached hydrogen (secondary N) is 1. The summed E-state index contributed by atoms with van der Waals surface area (Å²) in [7, 11) is 0. The molecule has 1 aliphatic heterocycles. The highest BCUT2D eigenvalue weighted by atomic mass is 32.1. The third-order valence-corrected chi connectivity index (χ3v) is 4.72. The van der Waals surface area contributed by atoms with Gasteiger partial charge in [0.05, 0.1) is 5.56 Å². The van der Waals surface area contributed by atoms with Gasteiger partial charge in [0.1, 0.15) is 6.04 Å². The summed E-state index contributed by atoms with van der Waals surface area (Å²) in [5.74, 6) is -0.198. The number of thiophene rings is 1. The van der Waals surface area contributed by atoms with E-state index in [2.05, 4.69) is 12.2 Å². The molecular weight excluding hydrogens is 298 g/mol. The van der Waals surface area contributed by atoms with Crippen LogP contribution in [0.1, 0.15) is 48.8 Å². The van der Waals surface area contributed by atoms with E-state index < -0.39 is 6.04 Å². The fraction of sp³-hybridized carbons (Fsp3) is 0.625. The van der Waals surface area contributed by atoms with E-state index in [1.54, 1.807) is 16.2 Å². The fourth-order valence-corrected chi connectivity index (χ4v) is 3.72. The number of likely N-dealkylation sites (tertiary alicyclic amines) is 1. The number of nitrogens with zero attached hydrogens (tertiary/aromatic N) is 1. The number of carbonyl (C=O) groups is 2. The summed E-state index contributed by atoms with van der Waals surface area (Å²) in [5, 5.41) is 4.76. The van der Waals surface area contributed by atoms with Gasteiger partial charge in [-0.3, -0.25) is 9.59 Å². The minimum Gasteiger partial charge on any atom is -0.352 e. The van der Waals surface area contributed by atoms with Gasteiger partial charge in [0.25, 0.3) is 5.91 Å². The van der Waals surface area contributed by atoms with Crippen molar-refractivity contribution < 1.29 is 9.59 Å². The molecule has 0 aromatic carbocycles. The van der Waals surface area contributed by atoms with Gasteiger partial charge in [-0.1, -0.05) is 13.3 Å². The Labute approximate surface area is 135 Å². The summed E-state index contributed by atoms with van der Waals surface area (Å²) in [6, 6.07) is 1.40. The molecule has 0 saturated carbocycles. The Morgan fingerprint density at radius 1 is 1.50 bits per heavy atom. The van der Waals surface area contributed by atoms with Crippen LogP contribution in [0.3, 0.4) is 0 Å². The van der Waals surface area contributed by atoms with Crippen molar-refractivity contribution in [1.82, 2.24) is 10.2 Å². The molecule has 0 spiro atoms. The maximum absolute atomic E-state index is 12.7. The molecule has 2 amide bonds. The molecule has 2 heterocycles. The molecule has 0 aliphatic carbocycles. The van der Waals surface area contributed by atoms with Crippen molar-refractivity contribution in [3.8, 4) is 0 Å². The highest BCUT2D eigenvalue weighted by Crippen LogP contribution is 2.23. The van der Waals surface area contributed by atoms with Crippen LogP contribution in [0, 0.1) is 0 Å². The first kappa shape index (κ1) is 17.0. The molecule has 2 rings (SSSR count). The second-order valence-corrected chi connectivity index (χ2v) is 7.18. The third kappa shape index (κ3) is 3.87. The Hall–Kier alpha value is -1.40. The first-order chi connectivity index (χ1) is 10.4. The van der Waals surface area contributed by atoms with E-state index in [4.69, 9.17) is 5.73 Å². The van der Waals surface area contributed by atoms with Crippen molar-refractivity contribution in [1.29, 1.82) is 0 Å². The fourth-order valence-electron chi connectivity index (χ4n) is 2.76. The standard InChI is InChI=1S/C16H25N3O2S/c1-4-5-13-6-11(9-22-13)16(21)19-8-12(17)7-14(19)15(20)18-10(2)3/h6,9-10,12,14H,4-5,7-8,17H2,1-3H3,(H,18,20)/t12-,14-/m0/s1. The van der Waals surface area contributed by atoms with Crippen molar-refractivity contribution in [2.45, 2.75) is 58.2 Å². The van der Waals surface area contributed by atoms with Crippen molar-refractivity contribution >= 4 is 23.2 Å². The van der Waals surface area contributed by atoms with E-state index in [1.807, 2.05) is 25.3 Å². The zero-order valence-electron chi connectivity index (χ0n) is 13.5. The molecule has 1 aromatic rings. The second-order valence-electron chi connectivity index (χ2n) is 6.18.